The van der Waals surface area contributed by atoms with Crippen LogP contribution in [0.5, 0.6) is 0 Å². The molecule has 0 saturated heterocycles. The lowest BCUT2D eigenvalue weighted by Crippen LogP contribution is -2.37. The van der Waals surface area contributed by atoms with Crippen molar-refractivity contribution < 1.29 is 9.90 Å². The third kappa shape index (κ3) is 3.18. The molecule has 0 radical (unpaired) electrons. The van der Waals surface area contributed by atoms with Gasteiger partial charge in [0.25, 0.3) is 0 Å². The van der Waals surface area contributed by atoms with Crippen LogP contribution in [0.25, 0.3) is 0 Å². The maximum atomic E-state index is 11.4. The number of hydrogen-bond acceptors (Lipinski definition) is 4. The molecule has 0 atom stereocenters. The highest BCUT2D eigenvalue weighted by atomic mass is 16.4. The molecule has 5 heteroatoms. The van der Waals surface area contributed by atoms with Gasteiger partial charge in [-0.1, -0.05) is 13.8 Å². The first-order valence-corrected chi connectivity index (χ1v) is 6.23. The molecule has 0 aromatic carbocycles. The van der Waals surface area contributed by atoms with Gasteiger partial charge in [-0.3, -0.25) is 4.79 Å². The first kappa shape index (κ1) is 14.4. The van der Waals surface area contributed by atoms with E-state index in [1.807, 2.05) is 33.8 Å². The summed E-state index contributed by atoms with van der Waals surface area (Å²) in [4.78, 5) is 19.9. The predicted octanol–water partition coefficient (Wildman–Crippen LogP) is 2.40. The van der Waals surface area contributed by atoms with Crippen LogP contribution in [-0.4, -0.2) is 27.6 Å². The summed E-state index contributed by atoms with van der Waals surface area (Å²) < 4.78 is 0. The van der Waals surface area contributed by atoms with Crippen LogP contribution in [0.15, 0.2) is 6.07 Å². The highest BCUT2D eigenvalue weighted by molar-refractivity contribution is 5.75. The Morgan fingerprint density at radius 2 is 1.78 bits per heavy atom. The number of hydrogen-bond donors (Lipinski definition) is 2. The van der Waals surface area contributed by atoms with Gasteiger partial charge in [0.05, 0.1) is 5.41 Å². The number of carboxylic acid groups (broad SMARTS) is 1. The molecule has 0 saturated carbocycles. The third-order valence-corrected chi connectivity index (χ3v) is 3.37. The van der Waals surface area contributed by atoms with Crippen LogP contribution in [-0.2, 0) is 4.79 Å². The number of carboxylic acids is 1. The van der Waals surface area contributed by atoms with Crippen molar-refractivity contribution in [3.63, 3.8) is 0 Å². The molecule has 1 rings (SSSR count). The number of nitrogens with zero attached hydrogens (tertiary/aromatic N) is 2. The van der Waals surface area contributed by atoms with E-state index in [0.29, 0.717) is 25.3 Å². The van der Waals surface area contributed by atoms with Crippen LogP contribution in [0, 0.1) is 19.3 Å². The molecule has 0 aliphatic rings. The molecule has 2 N–H and O–H groups in total. The zero-order valence-electron chi connectivity index (χ0n) is 11.4. The number of aryl methyl sites for hydroxylation is 2. The summed E-state index contributed by atoms with van der Waals surface area (Å²) in [6.45, 7) is 7.91. The molecular formula is C13H21N3O2. The molecule has 0 bridgehead atoms. The average molecular weight is 251 g/mol. The lowest BCUT2D eigenvalue weighted by atomic mass is 9.82. The molecule has 0 aliphatic carbocycles. The lowest BCUT2D eigenvalue weighted by Gasteiger charge is -2.26. The van der Waals surface area contributed by atoms with Crippen LogP contribution < -0.4 is 5.32 Å². The fourth-order valence-corrected chi connectivity index (χ4v) is 1.93. The summed E-state index contributed by atoms with van der Waals surface area (Å²) in [5.41, 5.74) is 0.999. The minimum Gasteiger partial charge on any atom is -0.481 e. The van der Waals surface area contributed by atoms with E-state index >= 15 is 0 Å². The average Bonchev–Trinajstić information content (AvgIpc) is 2.29. The Morgan fingerprint density at radius 3 is 2.17 bits per heavy atom. The van der Waals surface area contributed by atoms with E-state index in [0.717, 1.165) is 11.4 Å². The Bertz CT molecular complexity index is 408. The first-order chi connectivity index (χ1) is 8.43. The smallest absolute Gasteiger partial charge is 0.311 e. The third-order valence-electron chi connectivity index (χ3n) is 3.37. The zero-order valence-corrected chi connectivity index (χ0v) is 11.4. The maximum Gasteiger partial charge on any atom is 0.311 e. The van der Waals surface area contributed by atoms with Gasteiger partial charge in [-0.25, -0.2) is 9.97 Å². The molecule has 0 amide bonds. The fourth-order valence-electron chi connectivity index (χ4n) is 1.93. The van der Waals surface area contributed by atoms with Gasteiger partial charge < -0.3 is 10.4 Å². The number of nitrogens with one attached hydrogen (secondary N) is 1. The minimum absolute atomic E-state index is 0.345. The van der Waals surface area contributed by atoms with Crippen molar-refractivity contribution in [2.45, 2.75) is 40.5 Å². The molecule has 18 heavy (non-hydrogen) atoms. The maximum absolute atomic E-state index is 11.4. The Labute approximate surface area is 108 Å². The van der Waals surface area contributed by atoms with Gasteiger partial charge in [0.2, 0.25) is 5.95 Å². The van der Waals surface area contributed by atoms with E-state index in [1.165, 1.54) is 0 Å². The molecular weight excluding hydrogens is 230 g/mol. The van der Waals surface area contributed by atoms with Crippen LogP contribution in [0.4, 0.5) is 5.95 Å². The topological polar surface area (TPSA) is 75.1 Å². The zero-order chi connectivity index (χ0) is 13.8. The van der Waals surface area contributed by atoms with Gasteiger partial charge in [0.1, 0.15) is 0 Å². The Morgan fingerprint density at radius 1 is 1.28 bits per heavy atom. The number of aromatic nitrogens is 2. The number of aliphatic carboxylic acids is 1. The van der Waals surface area contributed by atoms with E-state index in [1.54, 1.807) is 0 Å². The Kier molecular flexibility index (Phi) is 4.64. The summed E-state index contributed by atoms with van der Waals surface area (Å²) in [5, 5.41) is 12.4. The van der Waals surface area contributed by atoms with E-state index in [9.17, 15) is 9.90 Å². The van der Waals surface area contributed by atoms with Crippen molar-refractivity contribution >= 4 is 11.9 Å². The summed E-state index contributed by atoms with van der Waals surface area (Å²) in [7, 11) is 0. The molecule has 1 aromatic heterocycles. The van der Waals surface area contributed by atoms with Crippen molar-refractivity contribution in [3.8, 4) is 0 Å². The van der Waals surface area contributed by atoms with Crippen molar-refractivity contribution in [1.82, 2.24) is 9.97 Å². The highest BCUT2D eigenvalue weighted by Crippen LogP contribution is 2.26. The second-order valence-electron chi connectivity index (χ2n) is 4.62. The van der Waals surface area contributed by atoms with Crippen molar-refractivity contribution in [2.24, 2.45) is 5.41 Å². The van der Waals surface area contributed by atoms with Gasteiger partial charge in [0.15, 0.2) is 0 Å². The Hall–Kier alpha value is -1.65. The molecule has 100 valence electrons. The molecule has 5 nitrogen and oxygen atoms in total. The van der Waals surface area contributed by atoms with Gasteiger partial charge in [-0.05, 0) is 32.8 Å². The standard InChI is InChI=1S/C13H21N3O2/c1-5-13(6-2,11(17)18)8-14-12-15-9(3)7-10(4)16-12/h7H,5-6,8H2,1-4H3,(H,17,18)(H,14,15,16). The SMILES string of the molecule is CCC(CC)(CNc1nc(C)cc(C)n1)C(=O)O. The van der Waals surface area contributed by atoms with Gasteiger partial charge in [-0.2, -0.15) is 0 Å². The molecule has 0 spiro atoms. The Balaban J connectivity index is 2.82. The largest absolute Gasteiger partial charge is 0.481 e. The monoisotopic (exact) mass is 251 g/mol. The van der Waals surface area contributed by atoms with Crippen LogP contribution in [0.3, 0.4) is 0 Å². The first-order valence-electron chi connectivity index (χ1n) is 6.23. The quantitative estimate of drug-likeness (QED) is 0.812. The summed E-state index contributed by atoms with van der Waals surface area (Å²) in [5.74, 6) is -0.274. The van der Waals surface area contributed by atoms with Crippen LogP contribution in [0.1, 0.15) is 38.1 Å². The second kappa shape index (κ2) is 5.80. The second-order valence-corrected chi connectivity index (χ2v) is 4.62. The van der Waals surface area contributed by atoms with Crippen LogP contribution >= 0.6 is 0 Å². The molecule has 1 aromatic rings. The van der Waals surface area contributed by atoms with Crippen molar-refractivity contribution in [2.75, 3.05) is 11.9 Å². The van der Waals surface area contributed by atoms with Gasteiger partial charge in [0, 0.05) is 17.9 Å². The highest BCUT2D eigenvalue weighted by Gasteiger charge is 2.34. The van der Waals surface area contributed by atoms with Gasteiger partial charge in [-0.15, -0.1) is 0 Å². The normalized spacial score (nSPS) is 11.3. The lowest BCUT2D eigenvalue weighted by molar-refractivity contribution is -0.148. The van der Waals surface area contributed by atoms with E-state index in [-0.39, 0.29) is 0 Å². The molecule has 0 unspecified atom stereocenters. The summed E-state index contributed by atoms with van der Waals surface area (Å²) in [6, 6.07) is 1.88. The predicted molar refractivity (Wildman–Crippen MR) is 70.6 cm³/mol. The fraction of sp³-hybridized carbons (Fsp3) is 0.615. The minimum atomic E-state index is -0.774. The summed E-state index contributed by atoms with van der Waals surface area (Å²) in [6.07, 6.45) is 1.16. The van der Waals surface area contributed by atoms with E-state index in [2.05, 4.69) is 15.3 Å². The van der Waals surface area contributed by atoms with Gasteiger partial charge >= 0.3 is 5.97 Å². The molecule has 0 aliphatic heterocycles. The van der Waals surface area contributed by atoms with E-state index < -0.39 is 11.4 Å². The molecule has 1 heterocycles. The van der Waals surface area contributed by atoms with E-state index in [4.69, 9.17) is 0 Å². The van der Waals surface area contributed by atoms with Crippen molar-refractivity contribution in [1.29, 1.82) is 0 Å². The number of anilines is 1. The van der Waals surface area contributed by atoms with Crippen LogP contribution in [0.2, 0.25) is 0 Å². The molecule has 0 fully saturated rings. The number of rotatable bonds is 6. The van der Waals surface area contributed by atoms with Crippen molar-refractivity contribution in [3.05, 3.63) is 17.5 Å². The number of carbonyl (C=O) groups is 1. The summed E-state index contributed by atoms with van der Waals surface area (Å²) >= 11 is 0.